The number of carboxylic acids is 1. The molecule has 0 aromatic carbocycles. The summed E-state index contributed by atoms with van der Waals surface area (Å²) in [5, 5.41) is 8.35. The van der Waals surface area contributed by atoms with Crippen molar-refractivity contribution in [3.8, 4) is 0 Å². The van der Waals surface area contributed by atoms with Crippen molar-refractivity contribution in [2.75, 3.05) is 0 Å². The van der Waals surface area contributed by atoms with Crippen molar-refractivity contribution in [1.82, 2.24) is 0 Å². The number of ether oxygens (including phenoxy) is 1. The Morgan fingerprint density at radius 1 is 1.29 bits per heavy atom. The van der Waals surface area contributed by atoms with E-state index in [1.807, 2.05) is 13.8 Å². The van der Waals surface area contributed by atoms with E-state index < -0.39 is 11.9 Å². The first-order chi connectivity index (χ1) is 6.60. The second-order valence-electron chi connectivity index (χ2n) is 3.20. The zero-order chi connectivity index (χ0) is 11.0. The third-order valence-corrected chi connectivity index (χ3v) is 1.91. The van der Waals surface area contributed by atoms with Crippen LogP contribution in [0.15, 0.2) is 0 Å². The molecule has 0 aliphatic rings. The Labute approximate surface area is 84.3 Å². The van der Waals surface area contributed by atoms with E-state index in [9.17, 15) is 9.59 Å². The molecule has 0 fully saturated rings. The molecular weight excluding hydrogens is 184 g/mol. The van der Waals surface area contributed by atoms with E-state index in [1.54, 1.807) is 0 Å². The van der Waals surface area contributed by atoms with Crippen LogP contribution in [0.3, 0.4) is 0 Å². The largest absolute Gasteiger partial charge is 0.481 e. The van der Waals surface area contributed by atoms with Gasteiger partial charge < -0.3 is 9.84 Å². The summed E-state index contributed by atoms with van der Waals surface area (Å²) < 4.78 is 5.09. The summed E-state index contributed by atoms with van der Waals surface area (Å²) in [4.78, 5) is 21.3. The maximum Gasteiger partial charge on any atom is 0.306 e. The van der Waals surface area contributed by atoms with Gasteiger partial charge in [0.1, 0.15) is 6.10 Å². The minimum atomic E-state index is -0.967. The van der Waals surface area contributed by atoms with E-state index in [4.69, 9.17) is 9.84 Å². The quantitative estimate of drug-likeness (QED) is 0.641. The Bertz CT molecular complexity index is 189. The number of rotatable bonds is 7. The van der Waals surface area contributed by atoms with E-state index >= 15 is 0 Å². The molecule has 0 saturated carbocycles. The lowest BCUT2D eigenvalue weighted by Gasteiger charge is -2.14. The van der Waals surface area contributed by atoms with Crippen LogP contribution in [0.5, 0.6) is 0 Å². The van der Waals surface area contributed by atoms with Crippen LogP contribution >= 0.6 is 0 Å². The lowest BCUT2D eigenvalue weighted by Crippen LogP contribution is -2.17. The topological polar surface area (TPSA) is 63.6 Å². The number of carboxylic acid groups (broad SMARTS) is 1. The van der Waals surface area contributed by atoms with Crippen molar-refractivity contribution in [3.05, 3.63) is 0 Å². The maximum absolute atomic E-state index is 11.1. The second kappa shape index (κ2) is 7.35. The van der Waals surface area contributed by atoms with Gasteiger partial charge in [0.15, 0.2) is 0 Å². The molecule has 82 valence electrons. The first kappa shape index (κ1) is 12.9. The van der Waals surface area contributed by atoms with Gasteiger partial charge in [0.25, 0.3) is 0 Å². The Kier molecular flexibility index (Phi) is 6.80. The molecule has 0 aromatic heterocycles. The minimum Gasteiger partial charge on any atom is -0.481 e. The number of esters is 1. The Morgan fingerprint density at radius 3 is 2.36 bits per heavy atom. The summed E-state index contributed by atoms with van der Waals surface area (Å²) in [5.74, 6) is -1.38. The van der Waals surface area contributed by atoms with Gasteiger partial charge in [-0.25, -0.2) is 0 Å². The predicted octanol–water partition coefficient (Wildman–Crippen LogP) is 1.97. The highest BCUT2D eigenvalue weighted by Gasteiger charge is 2.12. The van der Waals surface area contributed by atoms with Crippen molar-refractivity contribution in [2.45, 2.75) is 52.1 Å². The molecule has 1 atom stereocenters. The fourth-order valence-electron chi connectivity index (χ4n) is 1.12. The van der Waals surface area contributed by atoms with Crippen LogP contribution in [0.2, 0.25) is 0 Å². The lowest BCUT2D eigenvalue weighted by molar-refractivity contribution is -0.152. The van der Waals surface area contributed by atoms with Crippen molar-refractivity contribution >= 4 is 11.9 Å². The fourth-order valence-corrected chi connectivity index (χ4v) is 1.12. The molecule has 0 aromatic rings. The molecule has 4 heteroatoms. The minimum absolute atomic E-state index is 0.0322. The average molecular weight is 202 g/mol. The number of hydrogen-bond acceptors (Lipinski definition) is 3. The van der Waals surface area contributed by atoms with Gasteiger partial charge >= 0.3 is 11.9 Å². The predicted molar refractivity (Wildman–Crippen MR) is 51.9 cm³/mol. The third-order valence-electron chi connectivity index (χ3n) is 1.91. The molecule has 0 aliphatic heterocycles. The highest BCUT2D eigenvalue weighted by atomic mass is 16.5. The number of hydrogen-bond donors (Lipinski definition) is 1. The zero-order valence-corrected chi connectivity index (χ0v) is 8.78. The van der Waals surface area contributed by atoms with Crippen LogP contribution < -0.4 is 0 Å². The maximum atomic E-state index is 11.1. The average Bonchev–Trinajstić information content (AvgIpc) is 2.14. The molecule has 0 saturated heterocycles. The second-order valence-corrected chi connectivity index (χ2v) is 3.20. The van der Waals surface area contributed by atoms with Gasteiger partial charge in [-0.15, -0.1) is 0 Å². The lowest BCUT2D eigenvalue weighted by atomic mass is 10.1. The monoisotopic (exact) mass is 202 g/mol. The fraction of sp³-hybridized carbons (Fsp3) is 0.800. The summed E-state index contributed by atoms with van der Waals surface area (Å²) in [6.45, 7) is 3.97. The smallest absolute Gasteiger partial charge is 0.306 e. The highest BCUT2D eigenvalue weighted by molar-refractivity contribution is 5.76. The Morgan fingerprint density at radius 2 is 1.93 bits per heavy atom. The van der Waals surface area contributed by atoms with E-state index in [1.165, 1.54) is 0 Å². The van der Waals surface area contributed by atoms with E-state index in [-0.39, 0.29) is 18.9 Å². The molecule has 1 N–H and O–H groups in total. The third kappa shape index (κ3) is 6.46. The van der Waals surface area contributed by atoms with Crippen LogP contribution in [0.25, 0.3) is 0 Å². The van der Waals surface area contributed by atoms with Crippen LogP contribution in [0.4, 0.5) is 0 Å². The van der Waals surface area contributed by atoms with Gasteiger partial charge in [0.05, 0.1) is 12.8 Å². The number of carbonyl (C=O) groups excluding carboxylic acids is 1. The van der Waals surface area contributed by atoms with Gasteiger partial charge in [-0.1, -0.05) is 20.3 Å². The van der Waals surface area contributed by atoms with Crippen molar-refractivity contribution in [3.63, 3.8) is 0 Å². The molecule has 0 amide bonds. The van der Waals surface area contributed by atoms with Crippen LogP contribution in [-0.2, 0) is 14.3 Å². The molecule has 0 spiro atoms. The van der Waals surface area contributed by atoms with E-state index in [0.29, 0.717) is 0 Å². The number of carbonyl (C=O) groups is 2. The van der Waals surface area contributed by atoms with Gasteiger partial charge in [-0.05, 0) is 12.8 Å². The molecule has 0 radical (unpaired) electrons. The summed E-state index contributed by atoms with van der Waals surface area (Å²) in [6.07, 6.45) is 2.35. The van der Waals surface area contributed by atoms with Gasteiger partial charge in [0, 0.05) is 0 Å². The Hall–Kier alpha value is -1.06. The van der Waals surface area contributed by atoms with Gasteiger partial charge in [0.2, 0.25) is 0 Å². The standard InChI is InChI=1S/C10H18O4/c1-3-5-8(4-2)14-10(13)7-6-9(11)12/h8H,3-7H2,1-2H3,(H,11,12). The molecule has 4 nitrogen and oxygen atoms in total. The highest BCUT2D eigenvalue weighted by Crippen LogP contribution is 2.08. The normalized spacial score (nSPS) is 12.1. The molecular formula is C10H18O4. The van der Waals surface area contributed by atoms with Gasteiger partial charge in [-0.3, -0.25) is 9.59 Å². The first-order valence-corrected chi connectivity index (χ1v) is 5.01. The van der Waals surface area contributed by atoms with Crippen molar-refractivity contribution in [1.29, 1.82) is 0 Å². The summed E-state index contributed by atoms with van der Waals surface area (Å²) in [7, 11) is 0. The van der Waals surface area contributed by atoms with Crippen molar-refractivity contribution in [2.24, 2.45) is 0 Å². The zero-order valence-electron chi connectivity index (χ0n) is 8.78. The molecule has 0 aliphatic carbocycles. The summed E-state index contributed by atoms with van der Waals surface area (Å²) in [6, 6.07) is 0. The van der Waals surface area contributed by atoms with Gasteiger partial charge in [-0.2, -0.15) is 0 Å². The summed E-state index contributed by atoms with van der Waals surface area (Å²) in [5.41, 5.74) is 0. The molecule has 1 unspecified atom stereocenters. The van der Waals surface area contributed by atoms with Crippen LogP contribution in [-0.4, -0.2) is 23.1 Å². The van der Waals surface area contributed by atoms with Crippen LogP contribution in [0, 0.1) is 0 Å². The molecule has 0 heterocycles. The Balaban J connectivity index is 3.72. The van der Waals surface area contributed by atoms with E-state index in [2.05, 4.69) is 0 Å². The number of aliphatic carboxylic acids is 1. The van der Waals surface area contributed by atoms with E-state index in [0.717, 1.165) is 19.3 Å². The molecule has 0 bridgehead atoms. The van der Waals surface area contributed by atoms with Crippen LogP contribution in [0.1, 0.15) is 46.0 Å². The molecule has 0 rings (SSSR count). The first-order valence-electron chi connectivity index (χ1n) is 5.01. The summed E-state index contributed by atoms with van der Waals surface area (Å²) >= 11 is 0. The van der Waals surface area contributed by atoms with Crippen molar-refractivity contribution < 1.29 is 19.4 Å². The molecule has 14 heavy (non-hydrogen) atoms. The SMILES string of the molecule is CCCC(CC)OC(=O)CCC(=O)O.